The predicted octanol–water partition coefficient (Wildman–Crippen LogP) is 3.34. The topological polar surface area (TPSA) is 91.4 Å². The third-order valence-corrected chi connectivity index (χ3v) is 5.47. The number of rotatable bonds is 6. The summed E-state index contributed by atoms with van der Waals surface area (Å²) in [6.07, 6.45) is 0.0737. The van der Waals surface area contributed by atoms with Crippen molar-refractivity contribution >= 4 is 16.0 Å². The van der Waals surface area contributed by atoms with Crippen molar-refractivity contribution < 1.29 is 22.3 Å². The summed E-state index contributed by atoms with van der Waals surface area (Å²) in [7, 11) is -3.81. The smallest absolute Gasteiger partial charge is 0.310 e. The number of carbonyl (C=O) groups is 1. The molecule has 152 valence electrons. The van der Waals surface area contributed by atoms with Gasteiger partial charge >= 0.3 is 5.97 Å². The molecule has 3 rings (SSSR count). The van der Waals surface area contributed by atoms with E-state index in [1.807, 2.05) is 17.6 Å². The summed E-state index contributed by atoms with van der Waals surface area (Å²) in [5.41, 5.74) is 3.46. The van der Waals surface area contributed by atoms with E-state index in [4.69, 9.17) is 9.88 Å². The van der Waals surface area contributed by atoms with Crippen LogP contribution in [0.15, 0.2) is 59.5 Å². The van der Waals surface area contributed by atoms with Crippen LogP contribution >= 0.6 is 0 Å². The molecule has 0 fully saturated rings. The first-order valence-electron chi connectivity index (χ1n) is 8.96. The van der Waals surface area contributed by atoms with Crippen LogP contribution in [0.4, 0.5) is 4.39 Å². The maximum absolute atomic E-state index is 13.9. The van der Waals surface area contributed by atoms with Crippen LogP contribution in [-0.2, 0) is 26.0 Å². The minimum atomic E-state index is -3.81. The van der Waals surface area contributed by atoms with Gasteiger partial charge in [0.25, 0.3) is 0 Å². The Kier molecular flexibility index (Phi) is 5.86. The van der Waals surface area contributed by atoms with Gasteiger partial charge in [0.15, 0.2) is 0 Å². The number of primary sulfonamides is 1. The molecule has 3 aromatic rings. The predicted molar refractivity (Wildman–Crippen MR) is 108 cm³/mol. The quantitative estimate of drug-likeness (QED) is 0.624. The van der Waals surface area contributed by atoms with E-state index >= 15 is 0 Å². The molecule has 2 N–H and O–H groups in total. The van der Waals surface area contributed by atoms with E-state index in [2.05, 4.69) is 0 Å². The average Bonchev–Trinajstić information content (AvgIpc) is 2.97. The number of sulfonamides is 1. The van der Waals surface area contributed by atoms with E-state index < -0.39 is 15.8 Å². The van der Waals surface area contributed by atoms with Crippen molar-refractivity contribution in [2.45, 2.75) is 25.2 Å². The van der Waals surface area contributed by atoms with Crippen LogP contribution in [-0.4, -0.2) is 25.6 Å². The van der Waals surface area contributed by atoms with E-state index in [1.165, 1.54) is 24.3 Å². The molecule has 1 aromatic heterocycles. The molecule has 0 aliphatic carbocycles. The first-order chi connectivity index (χ1) is 13.7. The first-order valence-corrected chi connectivity index (χ1v) is 10.5. The normalized spacial score (nSPS) is 11.4. The van der Waals surface area contributed by atoms with Gasteiger partial charge in [0.05, 0.1) is 23.6 Å². The lowest BCUT2D eigenvalue weighted by atomic mass is 10.1. The molecule has 1 heterocycles. The number of ether oxygens (including phenoxy) is 1. The molecular formula is C21H21FN2O4S. The molecule has 0 atom stereocenters. The molecule has 0 bridgehead atoms. The van der Waals surface area contributed by atoms with Crippen molar-refractivity contribution in [3.8, 4) is 16.9 Å². The number of esters is 1. The lowest BCUT2D eigenvalue weighted by Gasteiger charge is -2.13. The second kappa shape index (κ2) is 8.18. The summed E-state index contributed by atoms with van der Waals surface area (Å²) >= 11 is 0. The van der Waals surface area contributed by atoms with Crippen molar-refractivity contribution in [1.29, 1.82) is 0 Å². The molecular weight excluding hydrogens is 395 g/mol. The molecule has 0 spiro atoms. The fourth-order valence-corrected chi connectivity index (χ4v) is 3.70. The fourth-order valence-electron chi connectivity index (χ4n) is 3.18. The van der Waals surface area contributed by atoms with Crippen molar-refractivity contribution in [3.63, 3.8) is 0 Å². The molecule has 0 saturated carbocycles. The maximum atomic E-state index is 13.9. The number of aromatic nitrogens is 1. The highest BCUT2D eigenvalue weighted by Crippen LogP contribution is 2.31. The Morgan fingerprint density at radius 1 is 1.14 bits per heavy atom. The Hall–Kier alpha value is -2.97. The molecule has 0 radical (unpaired) electrons. The largest absolute Gasteiger partial charge is 0.466 e. The Labute approximate surface area is 168 Å². The van der Waals surface area contributed by atoms with Gasteiger partial charge in [-0.2, -0.15) is 0 Å². The third-order valence-electron chi connectivity index (χ3n) is 4.54. The van der Waals surface area contributed by atoms with Gasteiger partial charge in [-0.1, -0.05) is 18.2 Å². The van der Waals surface area contributed by atoms with Crippen LogP contribution in [0.2, 0.25) is 0 Å². The molecule has 0 aliphatic heterocycles. The Morgan fingerprint density at radius 2 is 1.83 bits per heavy atom. The van der Waals surface area contributed by atoms with E-state index in [9.17, 15) is 17.6 Å². The zero-order chi connectivity index (χ0) is 21.2. The van der Waals surface area contributed by atoms with Gasteiger partial charge in [0, 0.05) is 11.4 Å². The second-order valence-electron chi connectivity index (χ2n) is 6.51. The van der Waals surface area contributed by atoms with Gasteiger partial charge in [-0.15, -0.1) is 0 Å². The van der Waals surface area contributed by atoms with Gasteiger partial charge in [-0.3, -0.25) is 4.79 Å². The first kappa shape index (κ1) is 20.8. The summed E-state index contributed by atoms with van der Waals surface area (Å²) in [6, 6.07) is 14.0. The SMILES string of the molecule is CCOC(=O)Cc1cc(-c2ccc(S(N)(=O)=O)cc2)n(-c2cccc(F)c2)c1C. The van der Waals surface area contributed by atoms with Crippen LogP contribution in [0.1, 0.15) is 18.2 Å². The van der Waals surface area contributed by atoms with E-state index in [0.29, 0.717) is 16.9 Å². The highest BCUT2D eigenvalue weighted by atomic mass is 32.2. The third kappa shape index (κ3) is 4.55. The molecule has 6 nitrogen and oxygen atoms in total. The minimum Gasteiger partial charge on any atom is -0.466 e. The van der Waals surface area contributed by atoms with Gasteiger partial charge in [-0.25, -0.2) is 17.9 Å². The molecule has 0 aliphatic rings. The van der Waals surface area contributed by atoms with Crippen molar-refractivity contribution in [2.75, 3.05) is 6.61 Å². The highest BCUT2D eigenvalue weighted by molar-refractivity contribution is 7.89. The molecule has 8 heteroatoms. The van der Waals surface area contributed by atoms with Gasteiger partial charge in [-0.05, 0) is 61.4 Å². The molecule has 29 heavy (non-hydrogen) atoms. The maximum Gasteiger partial charge on any atom is 0.310 e. The summed E-state index contributed by atoms with van der Waals surface area (Å²) < 4.78 is 43.8. The summed E-state index contributed by atoms with van der Waals surface area (Å²) in [6.45, 7) is 3.85. The van der Waals surface area contributed by atoms with Crippen molar-refractivity contribution in [1.82, 2.24) is 4.57 Å². The minimum absolute atomic E-state index is 0.00594. The Bertz CT molecular complexity index is 1150. The van der Waals surface area contributed by atoms with Gasteiger partial charge in [0.1, 0.15) is 5.82 Å². The van der Waals surface area contributed by atoms with E-state index in [-0.39, 0.29) is 23.9 Å². The zero-order valence-electron chi connectivity index (χ0n) is 16.1. The van der Waals surface area contributed by atoms with Crippen molar-refractivity contribution in [3.05, 3.63) is 71.7 Å². The number of carbonyl (C=O) groups excluding carboxylic acids is 1. The molecule has 0 saturated heterocycles. The van der Waals surface area contributed by atoms with Crippen LogP contribution in [0.3, 0.4) is 0 Å². The number of hydrogen-bond acceptors (Lipinski definition) is 4. The highest BCUT2D eigenvalue weighted by Gasteiger charge is 2.18. The van der Waals surface area contributed by atoms with E-state index in [1.54, 1.807) is 31.2 Å². The standard InChI is InChI=1S/C21H21FN2O4S/c1-3-28-21(25)12-16-11-20(15-7-9-19(10-8-15)29(23,26)27)24(14(16)2)18-6-4-5-17(22)13-18/h4-11,13H,3,12H2,1-2H3,(H2,23,26,27). The number of benzene rings is 2. The summed E-state index contributed by atoms with van der Waals surface area (Å²) in [4.78, 5) is 12.0. The summed E-state index contributed by atoms with van der Waals surface area (Å²) in [5, 5.41) is 5.17. The monoisotopic (exact) mass is 416 g/mol. The van der Waals surface area contributed by atoms with Crippen LogP contribution in [0.25, 0.3) is 16.9 Å². The lowest BCUT2D eigenvalue weighted by Crippen LogP contribution is -2.11. The molecule has 2 aromatic carbocycles. The lowest BCUT2D eigenvalue weighted by molar-refractivity contribution is -0.142. The average molecular weight is 416 g/mol. The zero-order valence-corrected chi connectivity index (χ0v) is 16.9. The number of nitrogens with two attached hydrogens (primary N) is 1. The number of halogens is 1. The van der Waals surface area contributed by atoms with E-state index in [0.717, 1.165) is 11.3 Å². The summed E-state index contributed by atoms with van der Waals surface area (Å²) in [5.74, 6) is -0.749. The fraction of sp³-hybridized carbons (Fsp3) is 0.190. The number of nitrogens with zero attached hydrogens (tertiary/aromatic N) is 1. The van der Waals surface area contributed by atoms with Crippen molar-refractivity contribution in [2.24, 2.45) is 5.14 Å². The Balaban J connectivity index is 2.15. The Morgan fingerprint density at radius 3 is 2.41 bits per heavy atom. The molecule has 0 unspecified atom stereocenters. The van der Waals surface area contributed by atoms with Gasteiger partial charge < -0.3 is 9.30 Å². The number of hydrogen-bond donors (Lipinski definition) is 1. The second-order valence-corrected chi connectivity index (χ2v) is 8.07. The van der Waals surface area contributed by atoms with Crippen LogP contribution < -0.4 is 5.14 Å². The van der Waals surface area contributed by atoms with Gasteiger partial charge in [0.2, 0.25) is 10.0 Å². The van der Waals surface area contributed by atoms with Crippen LogP contribution in [0, 0.1) is 12.7 Å². The van der Waals surface area contributed by atoms with Crippen LogP contribution in [0.5, 0.6) is 0 Å². The molecule has 0 amide bonds.